The van der Waals surface area contributed by atoms with Crippen molar-refractivity contribution >= 4 is 29.7 Å². The molecule has 4 aromatic rings. The molecule has 0 spiro atoms. The second kappa shape index (κ2) is 15.1. The van der Waals surface area contributed by atoms with E-state index in [9.17, 15) is 14.0 Å². The zero-order chi connectivity index (χ0) is 31.6. The van der Waals surface area contributed by atoms with Crippen LogP contribution in [0.25, 0.3) is 11.4 Å². The maximum absolute atomic E-state index is 14.0. The van der Waals surface area contributed by atoms with E-state index in [0.29, 0.717) is 29.3 Å². The van der Waals surface area contributed by atoms with E-state index in [0.717, 1.165) is 42.4 Å². The summed E-state index contributed by atoms with van der Waals surface area (Å²) in [4.78, 5) is 31.1. The van der Waals surface area contributed by atoms with Crippen LogP contribution in [0.1, 0.15) is 35.6 Å². The predicted molar refractivity (Wildman–Crippen MR) is 167 cm³/mol. The number of amides is 2. The largest absolute Gasteiger partial charge is 0.489 e. The molecule has 2 heterocycles. The van der Waals surface area contributed by atoms with Gasteiger partial charge in [-0.05, 0) is 47.0 Å². The SMILES string of the molecule is CC#N.CN(CCC(=O)NC=O)c1cnc(-c2ccc3c(c2)CN(Cc2ccc(OCc4c(F)cccc4Cl)cc2)C3)n1C. The van der Waals surface area contributed by atoms with E-state index in [4.69, 9.17) is 21.6 Å². The maximum atomic E-state index is 14.0. The predicted octanol–water partition coefficient (Wildman–Crippen LogP) is 5.60. The van der Waals surface area contributed by atoms with Crippen molar-refractivity contribution in [3.63, 3.8) is 0 Å². The van der Waals surface area contributed by atoms with Gasteiger partial charge in [0.15, 0.2) is 0 Å². The molecule has 0 saturated heterocycles. The van der Waals surface area contributed by atoms with Crippen LogP contribution in [0.5, 0.6) is 5.75 Å². The van der Waals surface area contributed by atoms with E-state index in [2.05, 4.69) is 33.4 Å². The van der Waals surface area contributed by atoms with Crippen LogP contribution < -0.4 is 15.0 Å². The molecule has 0 saturated carbocycles. The number of halogens is 2. The van der Waals surface area contributed by atoms with Crippen molar-refractivity contribution in [2.24, 2.45) is 7.05 Å². The number of nitrogens with zero attached hydrogens (tertiary/aromatic N) is 5. The number of aromatic nitrogens is 2. The van der Waals surface area contributed by atoms with E-state index >= 15 is 0 Å². The molecule has 44 heavy (non-hydrogen) atoms. The highest BCUT2D eigenvalue weighted by molar-refractivity contribution is 6.31. The van der Waals surface area contributed by atoms with Crippen molar-refractivity contribution in [2.45, 2.75) is 39.6 Å². The molecule has 0 radical (unpaired) electrons. The fraction of sp³-hybridized carbons (Fsp3) is 0.273. The van der Waals surface area contributed by atoms with Gasteiger partial charge in [-0.3, -0.25) is 19.8 Å². The molecule has 3 aromatic carbocycles. The summed E-state index contributed by atoms with van der Waals surface area (Å²) in [5.41, 5.74) is 5.10. The van der Waals surface area contributed by atoms with Gasteiger partial charge in [-0.15, -0.1) is 0 Å². The number of nitriles is 1. The third kappa shape index (κ3) is 8.01. The van der Waals surface area contributed by atoms with Crippen LogP contribution in [0.4, 0.5) is 10.2 Å². The van der Waals surface area contributed by atoms with Crippen molar-refractivity contribution in [1.82, 2.24) is 19.8 Å². The Kier molecular flexibility index (Phi) is 11.1. The Balaban J connectivity index is 0.00000141. The van der Waals surface area contributed by atoms with Gasteiger partial charge in [0.05, 0.1) is 17.3 Å². The van der Waals surface area contributed by atoms with E-state index in [-0.39, 0.29) is 24.8 Å². The fourth-order valence-corrected chi connectivity index (χ4v) is 5.25. The lowest BCUT2D eigenvalue weighted by atomic mass is 10.1. The Morgan fingerprint density at radius 1 is 1.18 bits per heavy atom. The number of imidazole rings is 1. The van der Waals surface area contributed by atoms with Gasteiger partial charge in [-0.25, -0.2) is 9.37 Å². The topological polar surface area (TPSA) is 103 Å². The Labute approximate surface area is 261 Å². The van der Waals surface area contributed by atoms with Crippen molar-refractivity contribution in [3.05, 3.63) is 100.0 Å². The van der Waals surface area contributed by atoms with Crippen molar-refractivity contribution in [1.29, 1.82) is 5.26 Å². The molecule has 9 nitrogen and oxygen atoms in total. The van der Waals surface area contributed by atoms with Gasteiger partial charge in [0.25, 0.3) is 0 Å². The lowest BCUT2D eigenvalue weighted by Gasteiger charge is -2.19. The highest BCUT2D eigenvalue weighted by atomic mass is 35.5. The Morgan fingerprint density at radius 3 is 2.61 bits per heavy atom. The highest BCUT2D eigenvalue weighted by Crippen LogP contribution is 2.31. The Morgan fingerprint density at radius 2 is 1.91 bits per heavy atom. The summed E-state index contributed by atoms with van der Waals surface area (Å²) >= 11 is 6.10. The summed E-state index contributed by atoms with van der Waals surface area (Å²) in [7, 11) is 3.85. The maximum Gasteiger partial charge on any atom is 0.228 e. The summed E-state index contributed by atoms with van der Waals surface area (Å²) in [6.45, 7) is 4.44. The van der Waals surface area contributed by atoms with Crippen LogP contribution in [-0.4, -0.2) is 40.4 Å². The Hall–Kier alpha value is -4.72. The van der Waals surface area contributed by atoms with E-state index < -0.39 is 0 Å². The smallest absolute Gasteiger partial charge is 0.228 e. The second-order valence-electron chi connectivity index (χ2n) is 10.3. The number of fused-ring (bicyclic) bond motifs is 1. The third-order valence-electron chi connectivity index (χ3n) is 7.28. The van der Waals surface area contributed by atoms with Crippen molar-refractivity contribution in [3.8, 4) is 23.2 Å². The first-order chi connectivity index (χ1) is 21.2. The normalized spacial score (nSPS) is 12.0. The summed E-state index contributed by atoms with van der Waals surface area (Å²) in [5.74, 6) is 1.70. The summed E-state index contributed by atoms with van der Waals surface area (Å²) < 4.78 is 21.8. The number of ether oxygens (including phenoxy) is 1. The number of anilines is 1. The van der Waals surface area contributed by atoms with E-state index in [1.54, 1.807) is 24.4 Å². The summed E-state index contributed by atoms with van der Waals surface area (Å²) in [6.07, 6.45) is 2.41. The molecule has 1 aliphatic heterocycles. The molecule has 1 N–H and O–H groups in total. The molecule has 11 heteroatoms. The van der Waals surface area contributed by atoms with Crippen LogP contribution >= 0.6 is 11.6 Å². The number of nitrogens with one attached hydrogen (secondary N) is 1. The quantitative estimate of drug-likeness (QED) is 0.219. The molecule has 0 unspecified atom stereocenters. The van der Waals surface area contributed by atoms with E-state index in [1.807, 2.05) is 47.8 Å². The first-order valence-corrected chi connectivity index (χ1v) is 14.4. The Bertz CT molecular complexity index is 1630. The molecular formula is C33H34ClFN6O3. The van der Waals surface area contributed by atoms with E-state index in [1.165, 1.54) is 24.1 Å². The first kappa shape index (κ1) is 32.2. The number of hydrogen-bond donors (Lipinski definition) is 1. The van der Waals surface area contributed by atoms with Crippen LogP contribution in [0.2, 0.25) is 5.02 Å². The molecule has 2 amide bonds. The van der Waals surface area contributed by atoms with Gasteiger partial charge in [0, 0.05) is 64.7 Å². The minimum atomic E-state index is -0.376. The number of hydrogen-bond acceptors (Lipinski definition) is 7. The van der Waals surface area contributed by atoms with Crippen molar-refractivity contribution in [2.75, 3.05) is 18.5 Å². The number of imide groups is 1. The standard InChI is InChI=1S/C31H31ClFN5O3.C2H3N/c1-36(13-12-29(40)35-20-39)30-15-34-31(37(30)2)22-8-9-23-17-38(18-24(23)14-22)16-21-6-10-25(11-7-21)41-19-26-27(32)4-3-5-28(26)33;1-2-3/h3-11,14-15,20H,12-13,16-19H2,1-2H3,(H,35,39,40);1H3. The minimum absolute atomic E-state index is 0.0704. The molecule has 5 rings (SSSR count). The summed E-state index contributed by atoms with van der Waals surface area (Å²) in [6, 6.07) is 20.7. The third-order valence-corrected chi connectivity index (χ3v) is 7.63. The molecule has 0 fully saturated rings. The molecule has 1 aromatic heterocycles. The van der Waals surface area contributed by atoms with Crippen LogP contribution in [0, 0.1) is 17.1 Å². The molecule has 1 aliphatic rings. The first-order valence-electron chi connectivity index (χ1n) is 14.0. The average molecular weight is 617 g/mol. The minimum Gasteiger partial charge on any atom is -0.489 e. The monoisotopic (exact) mass is 616 g/mol. The second-order valence-corrected chi connectivity index (χ2v) is 10.7. The summed E-state index contributed by atoms with van der Waals surface area (Å²) in [5, 5.41) is 9.84. The fourth-order valence-electron chi connectivity index (χ4n) is 5.04. The van der Waals surface area contributed by atoms with Gasteiger partial charge in [0.1, 0.15) is 29.8 Å². The van der Waals surface area contributed by atoms with Crippen molar-refractivity contribution < 1.29 is 18.7 Å². The zero-order valence-corrected chi connectivity index (χ0v) is 25.6. The average Bonchev–Trinajstić information content (AvgIpc) is 3.59. The molecule has 0 atom stereocenters. The lowest BCUT2D eigenvalue weighted by molar-refractivity contribution is -0.125. The van der Waals surface area contributed by atoms with Gasteiger partial charge in [0.2, 0.25) is 12.3 Å². The number of carbonyl (C=O) groups excluding carboxylic acids is 2. The number of carbonyl (C=O) groups is 2. The molecular weight excluding hydrogens is 583 g/mol. The van der Waals surface area contributed by atoms with Gasteiger partial charge < -0.3 is 14.2 Å². The molecule has 0 bridgehead atoms. The number of rotatable bonds is 11. The molecule has 228 valence electrons. The van der Waals surface area contributed by atoms with Crippen LogP contribution in [0.15, 0.2) is 66.9 Å². The lowest BCUT2D eigenvalue weighted by Crippen LogP contribution is -2.28. The van der Waals surface area contributed by atoms with Gasteiger partial charge >= 0.3 is 0 Å². The molecule has 0 aliphatic carbocycles. The highest BCUT2D eigenvalue weighted by Gasteiger charge is 2.21. The number of benzene rings is 3. The van der Waals surface area contributed by atoms with Crippen LogP contribution in [-0.2, 0) is 42.9 Å². The van der Waals surface area contributed by atoms with Gasteiger partial charge in [-0.2, -0.15) is 5.26 Å². The van der Waals surface area contributed by atoms with Crippen LogP contribution in [0.3, 0.4) is 0 Å². The van der Waals surface area contributed by atoms with Gasteiger partial charge in [-0.1, -0.05) is 41.9 Å². The zero-order valence-electron chi connectivity index (χ0n) is 24.9.